The summed E-state index contributed by atoms with van der Waals surface area (Å²) < 4.78 is 5.70. The molecule has 0 radical (unpaired) electrons. The van der Waals surface area contributed by atoms with Crippen LogP contribution < -0.4 is 11.3 Å². The van der Waals surface area contributed by atoms with E-state index in [0.29, 0.717) is 0 Å². The summed E-state index contributed by atoms with van der Waals surface area (Å²) in [6.07, 6.45) is 4.29. The van der Waals surface area contributed by atoms with Crippen LogP contribution in [0.5, 0.6) is 0 Å². The SMILES string of the molecule is Cc1cccc(C(NN)C2=CCCCO2)c1C. The van der Waals surface area contributed by atoms with Crippen molar-refractivity contribution in [3.05, 3.63) is 46.7 Å². The number of rotatable bonds is 3. The third kappa shape index (κ3) is 2.51. The van der Waals surface area contributed by atoms with Crippen molar-refractivity contribution in [3.8, 4) is 0 Å². The molecule has 17 heavy (non-hydrogen) atoms. The maximum absolute atomic E-state index is 5.70. The van der Waals surface area contributed by atoms with Crippen molar-refractivity contribution in [3.63, 3.8) is 0 Å². The maximum atomic E-state index is 5.70. The fraction of sp³-hybridized carbons (Fsp3) is 0.429. The van der Waals surface area contributed by atoms with Crippen LogP contribution in [-0.2, 0) is 4.74 Å². The van der Waals surface area contributed by atoms with Gasteiger partial charge in [-0.2, -0.15) is 0 Å². The zero-order chi connectivity index (χ0) is 12.3. The number of aryl methyl sites for hydroxylation is 1. The van der Waals surface area contributed by atoms with Gasteiger partial charge in [0, 0.05) is 0 Å². The third-order valence-corrected chi connectivity index (χ3v) is 3.37. The smallest absolute Gasteiger partial charge is 0.115 e. The number of hydrogen-bond donors (Lipinski definition) is 2. The lowest BCUT2D eigenvalue weighted by Gasteiger charge is -2.25. The lowest BCUT2D eigenvalue weighted by atomic mass is 9.95. The first-order valence-electron chi connectivity index (χ1n) is 6.09. The zero-order valence-electron chi connectivity index (χ0n) is 10.5. The molecule has 0 aliphatic carbocycles. The van der Waals surface area contributed by atoms with E-state index in [0.717, 1.165) is 25.2 Å². The van der Waals surface area contributed by atoms with E-state index in [9.17, 15) is 0 Å². The van der Waals surface area contributed by atoms with E-state index in [2.05, 4.69) is 43.5 Å². The Morgan fingerprint density at radius 3 is 2.82 bits per heavy atom. The Labute approximate surface area is 103 Å². The van der Waals surface area contributed by atoms with Crippen LogP contribution >= 0.6 is 0 Å². The van der Waals surface area contributed by atoms with Crippen LogP contribution in [0.2, 0.25) is 0 Å². The first kappa shape index (κ1) is 12.1. The van der Waals surface area contributed by atoms with E-state index in [1.165, 1.54) is 16.7 Å². The van der Waals surface area contributed by atoms with Crippen molar-refractivity contribution < 1.29 is 4.74 Å². The average molecular weight is 232 g/mol. The van der Waals surface area contributed by atoms with E-state index in [4.69, 9.17) is 10.6 Å². The lowest BCUT2D eigenvalue weighted by molar-refractivity contribution is 0.167. The minimum atomic E-state index is -0.0322. The van der Waals surface area contributed by atoms with Gasteiger partial charge in [-0.05, 0) is 49.5 Å². The van der Waals surface area contributed by atoms with Crippen molar-refractivity contribution in [1.29, 1.82) is 0 Å². The van der Waals surface area contributed by atoms with Gasteiger partial charge < -0.3 is 4.74 Å². The number of nitrogens with two attached hydrogens (primary N) is 1. The highest BCUT2D eigenvalue weighted by atomic mass is 16.5. The van der Waals surface area contributed by atoms with Crippen LogP contribution in [0.15, 0.2) is 30.0 Å². The summed E-state index contributed by atoms with van der Waals surface area (Å²) in [4.78, 5) is 0. The van der Waals surface area contributed by atoms with E-state index in [1.54, 1.807) is 0 Å². The first-order valence-corrected chi connectivity index (χ1v) is 6.09. The Morgan fingerprint density at radius 2 is 2.18 bits per heavy atom. The molecule has 1 heterocycles. The summed E-state index contributed by atoms with van der Waals surface area (Å²) in [5.41, 5.74) is 6.60. The summed E-state index contributed by atoms with van der Waals surface area (Å²) in [6, 6.07) is 6.25. The Bertz CT molecular complexity index is 426. The van der Waals surface area contributed by atoms with Crippen LogP contribution in [0.1, 0.15) is 35.6 Å². The van der Waals surface area contributed by atoms with Gasteiger partial charge in [-0.25, -0.2) is 5.43 Å². The number of nitrogens with one attached hydrogen (secondary N) is 1. The number of allylic oxidation sites excluding steroid dienone is 1. The van der Waals surface area contributed by atoms with Crippen LogP contribution in [0.3, 0.4) is 0 Å². The summed E-state index contributed by atoms with van der Waals surface area (Å²) in [6.45, 7) is 5.02. The van der Waals surface area contributed by atoms with Crippen molar-refractivity contribution in [2.24, 2.45) is 5.84 Å². The van der Waals surface area contributed by atoms with Crippen LogP contribution in [-0.4, -0.2) is 6.61 Å². The van der Waals surface area contributed by atoms with E-state index in [-0.39, 0.29) is 6.04 Å². The second-order valence-electron chi connectivity index (χ2n) is 4.49. The maximum Gasteiger partial charge on any atom is 0.115 e. The summed E-state index contributed by atoms with van der Waals surface area (Å²) in [7, 11) is 0. The highest BCUT2D eigenvalue weighted by Crippen LogP contribution is 2.28. The standard InChI is InChI=1S/C14H20N2O/c1-10-6-5-7-12(11(10)2)14(16-15)13-8-3-4-9-17-13/h5-8,14,16H,3-4,9,15H2,1-2H3. The molecular formula is C14H20N2O. The van der Waals surface area contributed by atoms with Crippen LogP contribution in [0.25, 0.3) is 0 Å². The Hall–Kier alpha value is -1.32. The number of hydrazine groups is 1. The van der Waals surface area contributed by atoms with Crippen molar-refractivity contribution >= 4 is 0 Å². The third-order valence-electron chi connectivity index (χ3n) is 3.37. The number of ether oxygens (including phenoxy) is 1. The molecule has 1 aliphatic rings. The topological polar surface area (TPSA) is 47.3 Å². The molecule has 0 spiro atoms. The molecule has 0 amide bonds. The Morgan fingerprint density at radius 1 is 1.35 bits per heavy atom. The summed E-state index contributed by atoms with van der Waals surface area (Å²) in [5, 5.41) is 0. The molecule has 0 saturated heterocycles. The van der Waals surface area contributed by atoms with E-state index in [1.807, 2.05) is 0 Å². The zero-order valence-corrected chi connectivity index (χ0v) is 10.5. The predicted molar refractivity (Wildman–Crippen MR) is 69.2 cm³/mol. The molecule has 3 nitrogen and oxygen atoms in total. The molecule has 0 aromatic heterocycles. The second-order valence-corrected chi connectivity index (χ2v) is 4.49. The molecule has 0 bridgehead atoms. The van der Waals surface area contributed by atoms with Gasteiger partial charge in [0.1, 0.15) is 11.8 Å². The summed E-state index contributed by atoms with van der Waals surface area (Å²) in [5.74, 6) is 6.64. The molecule has 1 atom stereocenters. The lowest BCUT2D eigenvalue weighted by Crippen LogP contribution is -2.31. The van der Waals surface area contributed by atoms with Gasteiger partial charge in [0.2, 0.25) is 0 Å². The molecule has 1 aromatic carbocycles. The van der Waals surface area contributed by atoms with Crippen LogP contribution in [0, 0.1) is 13.8 Å². The predicted octanol–water partition coefficient (Wildman–Crippen LogP) is 2.50. The molecule has 1 aliphatic heterocycles. The van der Waals surface area contributed by atoms with Gasteiger partial charge in [-0.3, -0.25) is 5.84 Å². The van der Waals surface area contributed by atoms with Gasteiger partial charge in [-0.1, -0.05) is 18.2 Å². The van der Waals surface area contributed by atoms with Crippen molar-refractivity contribution in [1.82, 2.24) is 5.43 Å². The molecule has 1 unspecified atom stereocenters. The molecule has 0 fully saturated rings. The Balaban J connectivity index is 2.34. The minimum absolute atomic E-state index is 0.0322. The quantitative estimate of drug-likeness (QED) is 0.622. The molecule has 92 valence electrons. The normalized spacial score (nSPS) is 17.2. The van der Waals surface area contributed by atoms with E-state index < -0.39 is 0 Å². The molecule has 3 N–H and O–H groups in total. The average Bonchev–Trinajstić information content (AvgIpc) is 2.37. The molecular weight excluding hydrogens is 212 g/mol. The summed E-state index contributed by atoms with van der Waals surface area (Å²) >= 11 is 0. The first-order chi connectivity index (χ1) is 8.24. The number of hydrogen-bond acceptors (Lipinski definition) is 3. The Kier molecular flexibility index (Phi) is 3.82. The fourth-order valence-corrected chi connectivity index (χ4v) is 2.19. The highest BCUT2D eigenvalue weighted by molar-refractivity contribution is 5.38. The second kappa shape index (κ2) is 5.34. The minimum Gasteiger partial charge on any atom is -0.496 e. The van der Waals surface area contributed by atoms with E-state index >= 15 is 0 Å². The van der Waals surface area contributed by atoms with Gasteiger partial charge in [-0.15, -0.1) is 0 Å². The van der Waals surface area contributed by atoms with Crippen molar-refractivity contribution in [2.75, 3.05) is 6.61 Å². The molecule has 0 saturated carbocycles. The van der Waals surface area contributed by atoms with Gasteiger partial charge in [0.05, 0.1) is 6.61 Å². The van der Waals surface area contributed by atoms with Crippen LogP contribution in [0.4, 0.5) is 0 Å². The molecule has 2 rings (SSSR count). The highest BCUT2D eigenvalue weighted by Gasteiger charge is 2.20. The molecule has 1 aromatic rings. The molecule has 3 heteroatoms. The van der Waals surface area contributed by atoms with Gasteiger partial charge in [0.15, 0.2) is 0 Å². The monoisotopic (exact) mass is 232 g/mol. The van der Waals surface area contributed by atoms with Gasteiger partial charge >= 0.3 is 0 Å². The largest absolute Gasteiger partial charge is 0.496 e. The number of benzene rings is 1. The van der Waals surface area contributed by atoms with Gasteiger partial charge in [0.25, 0.3) is 0 Å². The van der Waals surface area contributed by atoms with Crippen molar-refractivity contribution in [2.45, 2.75) is 32.7 Å². The fourth-order valence-electron chi connectivity index (χ4n) is 2.19.